The Labute approximate surface area is 104 Å². The second kappa shape index (κ2) is 5.10. The van der Waals surface area contributed by atoms with E-state index in [1.807, 2.05) is 6.92 Å². The third kappa shape index (κ3) is 2.91. The Morgan fingerprint density at radius 1 is 1.29 bits per heavy atom. The minimum Gasteiger partial charge on any atom is -0.363 e. The smallest absolute Gasteiger partial charge is 0.224 e. The molecule has 1 unspecified atom stereocenters. The van der Waals surface area contributed by atoms with Gasteiger partial charge in [-0.1, -0.05) is 18.2 Å². The molecule has 0 radical (unpaired) electrons. The van der Waals surface area contributed by atoms with Gasteiger partial charge < -0.3 is 5.32 Å². The fourth-order valence-corrected chi connectivity index (χ4v) is 1.69. The minimum absolute atomic E-state index is 0.163. The Balaban J connectivity index is 2.17. The number of benzene rings is 1. The van der Waals surface area contributed by atoms with E-state index in [1.54, 1.807) is 30.5 Å². The molecule has 2 aromatic rings. The molecular formula is C12H11ClFN3. The molecule has 1 heterocycles. The number of hydrogen-bond acceptors (Lipinski definition) is 3. The molecular weight excluding hydrogens is 241 g/mol. The van der Waals surface area contributed by atoms with E-state index < -0.39 is 0 Å². The molecule has 0 aliphatic rings. The number of halogens is 2. The first-order valence-corrected chi connectivity index (χ1v) is 5.54. The number of rotatable bonds is 3. The molecule has 0 aliphatic heterocycles. The molecule has 1 atom stereocenters. The standard InChI is InChI=1S/C12H11ClFN3/c1-8(9-4-2-3-5-10(9)14)16-11-6-7-15-12(13)17-11/h2-8H,1H3,(H,15,16,17). The Hall–Kier alpha value is -1.68. The van der Waals surface area contributed by atoms with Crippen LogP contribution in [0.5, 0.6) is 0 Å². The highest BCUT2D eigenvalue weighted by atomic mass is 35.5. The van der Waals surface area contributed by atoms with Gasteiger partial charge in [0.1, 0.15) is 11.6 Å². The lowest BCUT2D eigenvalue weighted by Crippen LogP contribution is -2.09. The summed E-state index contributed by atoms with van der Waals surface area (Å²) in [5, 5.41) is 3.23. The molecule has 0 amide bonds. The lowest BCUT2D eigenvalue weighted by Gasteiger charge is -2.15. The van der Waals surface area contributed by atoms with E-state index in [4.69, 9.17) is 11.6 Å². The van der Waals surface area contributed by atoms with Gasteiger partial charge in [0, 0.05) is 11.8 Å². The highest BCUT2D eigenvalue weighted by Gasteiger charge is 2.10. The molecule has 88 valence electrons. The molecule has 0 bridgehead atoms. The largest absolute Gasteiger partial charge is 0.363 e. The van der Waals surface area contributed by atoms with E-state index in [0.717, 1.165) is 0 Å². The highest BCUT2D eigenvalue weighted by molar-refractivity contribution is 6.28. The van der Waals surface area contributed by atoms with Crippen LogP contribution in [0.2, 0.25) is 5.28 Å². The van der Waals surface area contributed by atoms with Gasteiger partial charge in [-0.2, -0.15) is 0 Å². The Morgan fingerprint density at radius 2 is 2.06 bits per heavy atom. The monoisotopic (exact) mass is 251 g/mol. The lowest BCUT2D eigenvalue weighted by molar-refractivity contribution is 0.600. The van der Waals surface area contributed by atoms with Gasteiger partial charge in [-0.25, -0.2) is 14.4 Å². The van der Waals surface area contributed by atoms with Crippen molar-refractivity contribution in [2.75, 3.05) is 5.32 Å². The van der Waals surface area contributed by atoms with Crippen molar-refractivity contribution in [2.45, 2.75) is 13.0 Å². The van der Waals surface area contributed by atoms with E-state index >= 15 is 0 Å². The van der Waals surface area contributed by atoms with E-state index in [9.17, 15) is 4.39 Å². The van der Waals surface area contributed by atoms with Crippen molar-refractivity contribution in [2.24, 2.45) is 0 Å². The number of hydrogen-bond donors (Lipinski definition) is 1. The zero-order valence-electron chi connectivity index (χ0n) is 9.19. The summed E-state index contributed by atoms with van der Waals surface area (Å²) in [5.41, 5.74) is 0.585. The average Bonchev–Trinajstić information content (AvgIpc) is 2.29. The molecule has 5 heteroatoms. The molecule has 1 aromatic carbocycles. The SMILES string of the molecule is CC(Nc1ccnc(Cl)n1)c1ccccc1F. The third-order valence-electron chi connectivity index (χ3n) is 2.36. The maximum atomic E-state index is 13.5. The van der Waals surface area contributed by atoms with Crippen LogP contribution in [0.15, 0.2) is 36.5 Å². The van der Waals surface area contributed by atoms with Crippen LogP contribution in [0, 0.1) is 5.82 Å². The molecule has 0 spiro atoms. The molecule has 17 heavy (non-hydrogen) atoms. The first-order chi connectivity index (χ1) is 8.16. The fraction of sp³-hybridized carbons (Fsp3) is 0.167. The summed E-state index contributed by atoms with van der Waals surface area (Å²) in [7, 11) is 0. The minimum atomic E-state index is -0.243. The predicted molar refractivity (Wildman–Crippen MR) is 65.5 cm³/mol. The molecule has 0 aliphatic carbocycles. The van der Waals surface area contributed by atoms with Gasteiger partial charge in [0.05, 0.1) is 6.04 Å². The maximum Gasteiger partial charge on any atom is 0.224 e. The third-order valence-corrected chi connectivity index (χ3v) is 2.54. The van der Waals surface area contributed by atoms with Gasteiger partial charge >= 0.3 is 0 Å². The van der Waals surface area contributed by atoms with Crippen molar-refractivity contribution in [1.82, 2.24) is 9.97 Å². The average molecular weight is 252 g/mol. The van der Waals surface area contributed by atoms with Gasteiger partial charge in [-0.15, -0.1) is 0 Å². The summed E-state index contributed by atoms with van der Waals surface area (Å²) >= 11 is 5.67. The number of aromatic nitrogens is 2. The zero-order chi connectivity index (χ0) is 12.3. The molecule has 2 rings (SSSR count). The van der Waals surface area contributed by atoms with Crippen LogP contribution in [0.1, 0.15) is 18.5 Å². The molecule has 0 saturated heterocycles. The molecule has 0 fully saturated rings. The van der Waals surface area contributed by atoms with E-state index in [1.165, 1.54) is 6.07 Å². The summed E-state index contributed by atoms with van der Waals surface area (Å²) in [6, 6.07) is 8.11. The summed E-state index contributed by atoms with van der Waals surface area (Å²) in [6.45, 7) is 1.86. The maximum absolute atomic E-state index is 13.5. The fourth-order valence-electron chi connectivity index (χ4n) is 1.54. The Bertz CT molecular complexity index is 519. The first-order valence-electron chi connectivity index (χ1n) is 5.16. The van der Waals surface area contributed by atoms with Crippen LogP contribution in [-0.4, -0.2) is 9.97 Å². The van der Waals surface area contributed by atoms with Crippen LogP contribution in [0.3, 0.4) is 0 Å². The summed E-state index contributed by atoms with van der Waals surface area (Å²) in [4.78, 5) is 7.77. The topological polar surface area (TPSA) is 37.8 Å². The van der Waals surface area contributed by atoms with Crippen LogP contribution in [0.4, 0.5) is 10.2 Å². The molecule has 1 N–H and O–H groups in total. The van der Waals surface area contributed by atoms with Gasteiger partial charge in [-0.05, 0) is 30.7 Å². The van der Waals surface area contributed by atoms with Gasteiger partial charge in [0.15, 0.2) is 0 Å². The van der Waals surface area contributed by atoms with Crippen molar-refractivity contribution in [3.8, 4) is 0 Å². The van der Waals surface area contributed by atoms with Crippen molar-refractivity contribution in [3.63, 3.8) is 0 Å². The number of anilines is 1. The second-order valence-corrected chi connectivity index (χ2v) is 3.94. The number of nitrogens with zero attached hydrogens (tertiary/aromatic N) is 2. The van der Waals surface area contributed by atoms with Crippen molar-refractivity contribution in [1.29, 1.82) is 0 Å². The second-order valence-electron chi connectivity index (χ2n) is 3.60. The number of nitrogens with one attached hydrogen (secondary N) is 1. The van der Waals surface area contributed by atoms with Crippen molar-refractivity contribution in [3.05, 3.63) is 53.2 Å². The van der Waals surface area contributed by atoms with Gasteiger partial charge in [-0.3, -0.25) is 0 Å². The normalized spacial score (nSPS) is 12.2. The van der Waals surface area contributed by atoms with Crippen LogP contribution >= 0.6 is 11.6 Å². The zero-order valence-corrected chi connectivity index (χ0v) is 9.95. The van der Waals surface area contributed by atoms with E-state index in [2.05, 4.69) is 15.3 Å². The van der Waals surface area contributed by atoms with Crippen LogP contribution in [0.25, 0.3) is 0 Å². The summed E-state index contributed by atoms with van der Waals surface area (Å²) in [6.07, 6.45) is 1.55. The molecule has 1 aromatic heterocycles. The molecule has 0 saturated carbocycles. The highest BCUT2D eigenvalue weighted by Crippen LogP contribution is 2.20. The first kappa shape index (κ1) is 11.8. The Morgan fingerprint density at radius 3 is 2.76 bits per heavy atom. The van der Waals surface area contributed by atoms with E-state index in [0.29, 0.717) is 11.4 Å². The van der Waals surface area contributed by atoms with E-state index in [-0.39, 0.29) is 17.1 Å². The van der Waals surface area contributed by atoms with Crippen molar-refractivity contribution >= 4 is 17.4 Å². The van der Waals surface area contributed by atoms with Crippen LogP contribution in [-0.2, 0) is 0 Å². The summed E-state index contributed by atoms with van der Waals surface area (Å²) in [5.74, 6) is 0.327. The summed E-state index contributed by atoms with van der Waals surface area (Å²) < 4.78 is 13.5. The van der Waals surface area contributed by atoms with Crippen molar-refractivity contribution < 1.29 is 4.39 Å². The quantitative estimate of drug-likeness (QED) is 0.849. The lowest BCUT2D eigenvalue weighted by atomic mass is 10.1. The Kier molecular flexibility index (Phi) is 3.54. The van der Waals surface area contributed by atoms with Gasteiger partial charge in [0.2, 0.25) is 5.28 Å². The van der Waals surface area contributed by atoms with Crippen LogP contribution < -0.4 is 5.32 Å². The van der Waals surface area contributed by atoms with Gasteiger partial charge in [0.25, 0.3) is 0 Å². The molecule has 3 nitrogen and oxygen atoms in total. The predicted octanol–water partition coefficient (Wildman–Crippen LogP) is 3.44.